The Labute approximate surface area is 244 Å². The second-order valence-corrected chi connectivity index (χ2v) is 12.8. The van der Waals surface area contributed by atoms with Crippen LogP contribution in [0.25, 0.3) is 0 Å². The van der Waals surface area contributed by atoms with E-state index in [9.17, 15) is 18.4 Å². The van der Waals surface area contributed by atoms with Gasteiger partial charge in [-0.15, -0.1) is 0 Å². The van der Waals surface area contributed by atoms with Gasteiger partial charge in [-0.1, -0.05) is 23.7 Å². The first-order chi connectivity index (χ1) is 19.5. The van der Waals surface area contributed by atoms with Crippen molar-refractivity contribution in [2.75, 3.05) is 39.3 Å². The number of nitrogens with zero attached hydrogens (tertiary/aromatic N) is 5. The predicted molar refractivity (Wildman–Crippen MR) is 152 cm³/mol. The normalized spacial score (nSPS) is 23.3. The van der Waals surface area contributed by atoms with Crippen molar-refractivity contribution >= 4 is 23.4 Å². The summed E-state index contributed by atoms with van der Waals surface area (Å²) in [6.07, 6.45) is 4.64. The van der Waals surface area contributed by atoms with Crippen molar-refractivity contribution in [3.63, 3.8) is 0 Å². The summed E-state index contributed by atoms with van der Waals surface area (Å²) >= 11 is 6.36. The Morgan fingerprint density at radius 1 is 1.05 bits per heavy atom. The van der Waals surface area contributed by atoms with Crippen LogP contribution in [0.15, 0.2) is 42.4 Å². The zero-order valence-corrected chi connectivity index (χ0v) is 24.3. The van der Waals surface area contributed by atoms with Crippen molar-refractivity contribution < 1.29 is 18.4 Å². The van der Waals surface area contributed by atoms with Gasteiger partial charge in [0.1, 0.15) is 6.33 Å². The molecule has 1 atom stereocenters. The summed E-state index contributed by atoms with van der Waals surface area (Å²) in [5.74, 6) is -2.65. The Kier molecular flexibility index (Phi) is 7.29. The van der Waals surface area contributed by atoms with Crippen molar-refractivity contribution in [3.05, 3.63) is 69.9 Å². The van der Waals surface area contributed by atoms with Crippen LogP contribution in [0, 0.1) is 25.7 Å². The van der Waals surface area contributed by atoms with Crippen LogP contribution in [-0.4, -0.2) is 81.7 Å². The number of aromatic nitrogens is 2. The van der Waals surface area contributed by atoms with Crippen molar-refractivity contribution in [2.45, 2.75) is 57.3 Å². The van der Waals surface area contributed by atoms with Gasteiger partial charge >= 0.3 is 0 Å². The van der Waals surface area contributed by atoms with Crippen LogP contribution in [0.2, 0.25) is 5.02 Å². The number of rotatable bonds is 6. The van der Waals surface area contributed by atoms with Crippen molar-refractivity contribution in [2.24, 2.45) is 11.8 Å². The van der Waals surface area contributed by atoms with Crippen LogP contribution in [0.1, 0.15) is 59.4 Å². The minimum Gasteiger partial charge on any atom is -0.377 e. The van der Waals surface area contributed by atoms with Gasteiger partial charge < -0.3 is 14.7 Å². The van der Waals surface area contributed by atoms with E-state index in [0.29, 0.717) is 54.1 Å². The molecule has 3 aliphatic heterocycles. The van der Waals surface area contributed by atoms with Crippen LogP contribution in [0.4, 0.5) is 8.78 Å². The number of amides is 2. The standard InChI is InChI=1S/C31H36ClF2N5O2/c1-20-27(21(2)36-19-35-20)29(41)38-15-23-13-37(14-24(23)16-38)11-10-30(25-4-3-5-26(32)12-25)17-39(18-30)28(40)22-6-8-31(33,34)9-7-22/h3-5,12-13,19,22,24H,6-11,14-18H2,1-2H3. The molecule has 4 heterocycles. The second kappa shape index (κ2) is 10.6. The minimum absolute atomic E-state index is 0.00928. The van der Waals surface area contributed by atoms with E-state index in [1.807, 2.05) is 41.8 Å². The molecule has 4 aliphatic rings. The van der Waals surface area contributed by atoms with Gasteiger partial charge in [-0.05, 0) is 56.4 Å². The molecule has 7 nitrogen and oxygen atoms in total. The highest BCUT2D eigenvalue weighted by Gasteiger charge is 2.49. The van der Waals surface area contributed by atoms with E-state index in [2.05, 4.69) is 27.1 Å². The fraction of sp³-hybridized carbons (Fsp3) is 0.548. The molecule has 0 bridgehead atoms. The lowest BCUT2D eigenvalue weighted by Crippen LogP contribution is -2.63. The summed E-state index contributed by atoms with van der Waals surface area (Å²) in [7, 11) is 0. The number of halogens is 3. The molecule has 1 saturated carbocycles. The number of carbonyl (C=O) groups excluding carboxylic acids is 2. The van der Waals surface area contributed by atoms with Gasteiger partial charge in [-0.2, -0.15) is 0 Å². The maximum absolute atomic E-state index is 13.7. The molecule has 6 rings (SSSR count). The van der Waals surface area contributed by atoms with E-state index >= 15 is 0 Å². The number of fused-ring (bicyclic) bond motifs is 1. The molecule has 0 spiro atoms. The molecule has 2 amide bonds. The highest BCUT2D eigenvalue weighted by atomic mass is 35.5. The van der Waals surface area contributed by atoms with Gasteiger partial charge in [0.05, 0.1) is 17.0 Å². The third-order valence-electron chi connectivity index (χ3n) is 9.55. The van der Waals surface area contributed by atoms with E-state index in [1.165, 1.54) is 11.9 Å². The Bertz CT molecular complexity index is 1360. The van der Waals surface area contributed by atoms with Crippen LogP contribution in [0.3, 0.4) is 0 Å². The maximum Gasteiger partial charge on any atom is 0.257 e. The Balaban J connectivity index is 1.10. The molecule has 41 heavy (non-hydrogen) atoms. The van der Waals surface area contributed by atoms with Gasteiger partial charge in [-0.3, -0.25) is 9.59 Å². The number of likely N-dealkylation sites (tertiary alicyclic amines) is 2. The van der Waals surface area contributed by atoms with Crippen molar-refractivity contribution in [1.82, 2.24) is 24.7 Å². The summed E-state index contributed by atoms with van der Waals surface area (Å²) in [5, 5.41) is 0.665. The lowest BCUT2D eigenvalue weighted by Gasteiger charge is -2.52. The second-order valence-electron chi connectivity index (χ2n) is 12.4. The lowest BCUT2D eigenvalue weighted by molar-refractivity contribution is -0.148. The highest BCUT2D eigenvalue weighted by molar-refractivity contribution is 6.30. The van der Waals surface area contributed by atoms with Gasteiger partial charge in [0.15, 0.2) is 0 Å². The van der Waals surface area contributed by atoms with Gasteiger partial charge in [0.25, 0.3) is 5.91 Å². The van der Waals surface area contributed by atoms with Gasteiger partial charge in [0.2, 0.25) is 11.8 Å². The third-order valence-corrected chi connectivity index (χ3v) is 9.78. The topological polar surface area (TPSA) is 69.6 Å². The smallest absolute Gasteiger partial charge is 0.257 e. The van der Waals surface area contributed by atoms with Gasteiger partial charge in [0, 0.05) is 80.6 Å². The minimum atomic E-state index is -2.64. The van der Waals surface area contributed by atoms with Crippen molar-refractivity contribution in [3.8, 4) is 0 Å². The van der Waals surface area contributed by atoms with E-state index in [-0.39, 0.29) is 48.8 Å². The summed E-state index contributed by atoms with van der Waals surface area (Å²) in [6, 6.07) is 7.86. The lowest BCUT2D eigenvalue weighted by atomic mass is 9.70. The zero-order valence-electron chi connectivity index (χ0n) is 23.6. The molecule has 1 aliphatic carbocycles. The molecule has 2 aromatic rings. The zero-order chi connectivity index (χ0) is 28.9. The molecule has 1 aromatic carbocycles. The number of carbonyl (C=O) groups is 2. The van der Waals surface area contributed by atoms with Crippen LogP contribution in [-0.2, 0) is 10.2 Å². The summed E-state index contributed by atoms with van der Waals surface area (Å²) in [6.45, 7) is 7.81. The maximum atomic E-state index is 13.7. The Morgan fingerprint density at radius 3 is 2.41 bits per heavy atom. The molecule has 1 aromatic heterocycles. The largest absolute Gasteiger partial charge is 0.377 e. The Hall–Kier alpha value is -3.07. The summed E-state index contributed by atoms with van der Waals surface area (Å²) < 4.78 is 27.3. The van der Waals surface area contributed by atoms with E-state index in [1.54, 1.807) is 0 Å². The third kappa shape index (κ3) is 5.45. The van der Waals surface area contributed by atoms with E-state index < -0.39 is 5.92 Å². The van der Waals surface area contributed by atoms with Crippen molar-refractivity contribution in [1.29, 1.82) is 0 Å². The molecule has 0 radical (unpaired) electrons. The monoisotopic (exact) mass is 583 g/mol. The quantitative estimate of drug-likeness (QED) is 0.478. The summed E-state index contributed by atoms with van der Waals surface area (Å²) in [4.78, 5) is 41.0. The first kappa shape index (κ1) is 28.1. The van der Waals surface area contributed by atoms with Crippen LogP contribution < -0.4 is 0 Å². The number of hydrogen-bond donors (Lipinski definition) is 0. The average Bonchev–Trinajstić information content (AvgIpc) is 3.47. The van der Waals surface area contributed by atoms with Crippen LogP contribution >= 0.6 is 11.6 Å². The SMILES string of the molecule is Cc1ncnc(C)c1C(=O)N1CC2=CN(CCC3(c4cccc(Cl)c4)CN(C(=O)C4CCC(F)(F)CC4)C3)CC2C1. The average molecular weight is 584 g/mol. The van der Waals surface area contributed by atoms with E-state index in [4.69, 9.17) is 11.6 Å². The van der Waals surface area contributed by atoms with Crippen LogP contribution in [0.5, 0.6) is 0 Å². The molecule has 10 heteroatoms. The molecule has 3 fully saturated rings. The summed E-state index contributed by atoms with van der Waals surface area (Å²) in [5.41, 5.74) is 4.16. The molecule has 1 unspecified atom stereocenters. The molecule has 2 saturated heterocycles. The number of hydrogen-bond acceptors (Lipinski definition) is 5. The molecule has 218 valence electrons. The molecular formula is C31H36ClF2N5O2. The molecular weight excluding hydrogens is 548 g/mol. The fourth-order valence-corrected chi connectivity index (χ4v) is 7.30. The fourth-order valence-electron chi connectivity index (χ4n) is 7.11. The number of aryl methyl sites for hydroxylation is 2. The number of alkyl halides is 2. The molecule has 0 N–H and O–H groups in total. The Morgan fingerprint density at radius 2 is 1.76 bits per heavy atom. The van der Waals surface area contributed by atoms with E-state index in [0.717, 1.165) is 25.1 Å². The predicted octanol–water partition coefficient (Wildman–Crippen LogP) is 5.01. The highest BCUT2D eigenvalue weighted by Crippen LogP contribution is 2.43. The first-order valence-electron chi connectivity index (χ1n) is 14.5. The number of benzene rings is 1. The van der Waals surface area contributed by atoms with Gasteiger partial charge in [-0.25, -0.2) is 18.7 Å². The first-order valence-corrected chi connectivity index (χ1v) is 14.9.